The first-order valence-electron chi connectivity index (χ1n) is 3.49. The molecule has 2 heteroatoms. The Kier molecular flexibility index (Phi) is 4.93. The molecule has 0 aliphatic heterocycles. The highest BCUT2D eigenvalue weighted by molar-refractivity contribution is 5.70. The Balaban J connectivity index is 3.80. The topological polar surface area (TPSA) is 37.3 Å². The van der Waals surface area contributed by atoms with Gasteiger partial charge in [0.15, 0.2) is 0 Å². The third-order valence-electron chi connectivity index (χ3n) is 1.43. The van der Waals surface area contributed by atoms with E-state index >= 15 is 0 Å². The summed E-state index contributed by atoms with van der Waals surface area (Å²) in [5, 5.41) is 8.60. The number of carboxylic acid groups (broad SMARTS) is 1. The summed E-state index contributed by atoms with van der Waals surface area (Å²) in [6.45, 7) is 3.51. The van der Waals surface area contributed by atoms with Crippen LogP contribution in [0.1, 0.15) is 19.3 Å². The zero-order valence-corrected chi connectivity index (χ0v) is 6.42. The quantitative estimate of drug-likeness (QED) is 0.480. The van der Waals surface area contributed by atoms with Crippen LogP contribution in [0.25, 0.3) is 0 Å². The zero-order chi connectivity index (χ0) is 8.69. The Hall–Kier alpha value is -1.23. The van der Waals surface area contributed by atoms with Crippen LogP contribution in [0.3, 0.4) is 0 Å². The predicted molar refractivity (Wildman–Crippen MR) is 44.0 cm³/mol. The van der Waals surface area contributed by atoms with Crippen molar-refractivity contribution in [2.24, 2.45) is 5.92 Å². The molecule has 1 atom stereocenters. The fourth-order valence-corrected chi connectivity index (χ4v) is 0.774. The Morgan fingerprint density at radius 3 is 2.82 bits per heavy atom. The second-order valence-electron chi connectivity index (χ2n) is 2.31. The lowest BCUT2D eigenvalue weighted by Crippen LogP contribution is -2.12. The maximum Gasteiger partial charge on any atom is 0.307 e. The second-order valence-corrected chi connectivity index (χ2v) is 2.31. The van der Waals surface area contributed by atoms with Gasteiger partial charge in [-0.3, -0.25) is 4.79 Å². The Morgan fingerprint density at radius 1 is 1.82 bits per heavy atom. The first kappa shape index (κ1) is 9.77. The number of hydrogen-bond acceptors (Lipinski definition) is 1. The van der Waals surface area contributed by atoms with Gasteiger partial charge in [-0.1, -0.05) is 6.08 Å². The van der Waals surface area contributed by atoms with E-state index < -0.39 is 11.9 Å². The summed E-state index contributed by atoms with van der Waals surface area (Å²) in [5.74, 6) is 1.12. The molecule has 0 aromatic heterocycles. The maximum absolute atomic E-state index is 10.5. The molecule has 1 unspecified atom stereocenters. The maximum atomic E-state index is 10.5. The molecule has 0 saturated heterocycles. The molecule has 0 radical (unpaired) electrons. The van der Waals surface area contributed by atoms with E-state index in [2.05, 4.69) is 12.5 Å². The molecular weight excluding hydrogens is 140 g/mol. The molecular formula is C9H12O2. The second kappa shape index (κ2) is 5.55. The molecule has 0 bridgehead atoms. The van der Waals surface area contributed by atoms with Gasteiger partial charge in [-0.2, -0.15) is 0 Å². The van der Waals surface area contributed by atoms with Gasteiger partial charge in [-0.25, -0.2) is 0 Å². The molecule has 0 aliphatic carbocycles. The molecule has 1 N–H and O–H groups in total. The largest absolute Gasteiger partial charge is 0.481 e. The minimum absolute atomic E-state index is 0.309. The van der Waals surface area contributed by atoms with Crippen molar-refractivity contribution in [1.29, 1.82) is 0 Å². The van der Waals surface area contributed by atoms with Gasteiger partial charge in [0.2, 0.25) is 0 Å². The number of rotatable bonds is 5. The van der Waals surface area contributed by atoms with Crippen molar-refractivity contribution in [3.63, 3.8) is 0 Å². The van der Waals surface area contributed by atoms with Crippen LogP contribution in [0, 0.1) is 18.3 Å². The standard InChI is InChI=1S/C9H12O2/c1-3-5-7-8(6-4-2)9(10)11/h2-3,8H,1,5-7H2,(H,10,11). The van der Waals surface area contributed by atoms with Crippen LogP contribution in [-0.4, -0.2) is 11.1 Å². The Labute approximate surface area is 66.9 Å². The van der Waals surface area contributed by atoms with Crippen molar-refractivity contribution in [3.05, 3.63) is 12.7 Å². The van der Waals surface area contributed by atoms with Gasteiger partial charge in [0.1, 0.15) is 0 Å². The van der Waals surface area contributed by atoms with Crippen LogP contribution in [0.4, 0.5) is 0 Å². The van der Waals surface area contributed by atoms with E-state index in [1.165, 1.54) is 0 Å². The number of carboxylic acids is 1. The minimum Gasteiger partial charge on any atom is -0.481 e. The van der Waals surface area contributed by atoms with Crippen molar-refractivity contribution in [2.45, 2.75) is 19.3 Å². The molecule has 0 rings (SSSR count). The first-order chi connectivity index (χ1) is 5.22. The van der Waals surface area contributed by atoms with Crippen LogP contribution in [0.2, 0.25) is 0 Å². The van der Waals surface area contributed by atoms with Crippen molar-refractivity contribution >= 4 is 5.97 Å². The smallest absolute Gasteiger partial charge is 0.307 e. The minimum atomic E-state index is -0.815. The van der Waals surface area contributed by atoms with Crippen LogP contribution in [-0.2, 0) is 4.79 Å². The van der Waals surface area contributed by atoms with Gasteiger partial charge in [0.25, 0.3) is 0 Å². The monoisotopic (exact) mass is 152 g/mol. The number of terminal acetylenes is 1. The lowest BCUT2D eigenvalue weighted by molar-refractivity contribution is -0.141. The van der Waals surface area contributed by atoms with Crippen molar-refractivity contribution in [3.8, 4) is 12.3 Å². The summed E-state index contributed by atoms with van der Waals surface area (Å²) < 4.78 is 0. The van der Waals surface area contributed by atoms with Gasteiger partial charge in [-0.15, -0.1) is 18.9 Å². The fraction of sp³-hybridized carbons (Fsp3) is 0.444. The van der Waals surface area contributed by atoms with Gasteiger partial charge in [-0.05, 0) is 12.8 Å². The van der Waals surface area contributed by atoms with E-state index in [9.17, 15) is 4.79 Å². The van der Waals surface area contributed by atoms with Crippen LogP contribution in [0.5, 0.6) is 0 Å². The normalized spacial score (nSPS) is 11.5. The summed E-state index contributed by atoms with van der Waals surface area (Å²) in [4.78, 5) is 10.5. The number of hydrogen-bond donors (Lipinski definition) is 1. The fourth-order valence-electron chi connectivity index (χ4n) is 0.774. The number of aliphatic carboxylic acids is 1. The Morgan fingerprint density at radius 2 is 2.45 bits per heavy atom. The third kappa shape index (κ3) is 4.21. The van der Waals surface area contributed by atoms with Crippen LogP contribution < -0.4 is 0 Å². The molecule has 0 spiro atoms. The van der Waals surface area contributed by atoms with Gasteiger partial charge >= 0.3 is 5.97 Å². The molecule has 11 heavy (non-hydrogen) atoms. The molecule has 0 amide bonds. The van der Waals surface area contributed by atoms with Gasteiger partial charge in [0.05, 0.1) is 5.92 Å². The average molecular weight is 152 g/mol. The highest BCUT2D eigenvalue weighted by Gasteiger charge is 2.14. The average Bonchev–Trinajstić information content (AvgIpc) is 1.97. The predicted octanol–water partition coefficient (Wildman–Crippen LogP) is 1.68. The molecule has 0 aromatic rings. The Bertz CT molecular complexity index is 176. The lowest BCUT2D eigenvalue weighted by Gasteiger charge is -2.05. The van der Waals surface area contributed by atoms with E-state index in [-0.39, 0.29) is 0 Å². The van der Waals surface area contributed by atoms with Crippen molar-refractivity contribution in [1.82, 2.24) is 0 Å². The summed E-state index contributed by atoms with van der Waals surface area (Å²) in [7, 11) is 0. The van der Waals surface area contributed by atoms with Crippen molar-refractivity contribution in [2.75, 3.05) is 0 Å². The van der Waals surface area contributed by atoms with Crippen LogP contribution in [0.15, 0.2) is 12.7 Å². The third-order valence-corrected chi connectivity index (χ3v) is 1.43. The number of carbonyl (C=O) groups is 1. The van der Waals surface area contributed by atoms with Gasteiger partial charge < -0.3 is 5.11 Å². The zero-order valence-electron chi connectivity index (χ0n) is 6.42. The number of allylic oxidation sites excluding steroid dienone is 1. The summed E-state index contributed by atoms with van der Waals surface area (Å²) in [6, 6.07) is 0. The molecule has 0 fully saturated rings. The van der Waals surface area contributed by atoms with Gasteiger partial charge in [0, 0.05) is 6.42 Å². The highest BCUT2D eigenvalue weighted by Crippen LogP contribution is 2.10. The van der Waals surface area contributed by atoms with Crippen LogP contribution >= 0.6 is 0 Å². The molecule has 0 aliphatic rings. The van der Waals surface area contributed by atoms with E-state index in [4.69, 9.17) is 11.5 Å². The summed E-state index contributed by atoms with van der Waals surface area (Å²) >= 11 is 0. The van der Waals surface area contributed by atoms with E-state index in [0.29, 0.717) is 19.3 Å². The summed E-state index contributed by atoms with van der Waals surface area (Å²) in [6.07, 6.45) is 8.30. The SMILES string of the molecule is C#CCC(CCC=C)C(=O)O. The molecule has 60 valence electrons. The lowest BCUT2D eigenvalue weighted by atomic mass is 10.0. The summed E-state index contributed by atoms with van der Waals surface area (Å²) in [5.41, 5.74) is 0. The van der Waals surface area contributed by atoms with E-state index in [1.54, 1.807) is 6.08 Å². The highest BCUT2D eigenvalue weighted by atomic mass is 16.4. The molecule has 0 heterocycles. The molecule has 0 aromatic carbocycles. The first-order valence-corrected chi connectivity index (χ1v) is 3.49. The van der Waals surface area contributed by atoms with E-state index in [1.807, 2.05) is 0 Å². The molecule has 2 nitrogen and oxygen atoms in total. The van der Waals surface area contributed by atoms with Crippen molar-refractivity contribution < 1.29 is 9.90 Å². The molecule has 0 saturated carbocycles. The van der Waals surface area contributed by atoms with E-state index in [0.717, 1.165) is 0 Å².